The minimum Gasteiger partial charge on any atom is -0.485 e. The average Bonchev–Trinajstić information content (AvgIpc) is 2.98. The maximum Gasteiger partial charge on any atom is 0.330 e. The summed E-state index contributed by atoms with van der Waals surface area (Å²) in [6.45, 7) is 0. The Morgan fingerprint density at radius 3 is 2.55 bits per heavy atom. The lowest BCUT2D eigenvalue weighted by Gasteiger charge is -2.15. The predicted molar refractivity (Wildman–Crippen MR) is 71.5 cm³/mol. The van der Waals surface area contributed by atoms with E-state index < -0.39 is 15.9 Å². The molecule has 1 aromatic carbocycles. The molecule has 4 nitrogen and oxygen atoms in total. The minimum absolute atomic E-state index is 0.0789. The van der Waals surface area contributed by atoms with Crippen molar-refractivity contribution in [2.45, 2.75) is 17.4 Å². The van der Waals surface area contributed by atoms with Crippen LogP contribution >= 0.6 is 15.9 Å². The molecule has 2 bridgehead atoms. The van der Waals surface area contributed by atoms with E-state index in [1.165, 1.54) is 24.3 Å². The molecule has 1 unspecified atom stereocenters. The summed E-state index contributed by atoms with van der Waals surface area (Å²) in [6, 6.07) is 5.53. The standard InChI is InChI=1S/C13H8BrF2NO3/c14-13(15,16)12-10-6-5-9(20-10)11(12)7-1-3-8(4-2-7)17(18)19/h1-4,6,9H,5H2. The first-order chi connectivity index (χ1) is 9.38. The summed E-state index contributed by atoms with van der Waals surface area (Å²) in [7, 11) is 0. The summed E-state index contributed by atoms with van der Waals surface area (Å²) < 4.78 is 32.7. The van der Waals surface area contributed by atoms with Crippen molar-refractivity contribution in [3.05, 3.63) is 57.4 Å². The van der Waals surface area contributed by atoms with Crippen molar-refractivity contribution in [3.63, 3.8) is 0 Å². The first kappa shape index (κ1) is 13.2. The van der Waals surface area contributed by atoms with Crippen LogP contribution in [0.25, 0.3) is 5.57 Å². The van der Waals surface area contributed by atoms with Crippen LogP contribution in [0.15, 0.2) is 41.7 Å². The van der Waals surface area contributed by atoms with Crippen LogP contribution in [0.4, 0.5) is 14.5 Å². The predicted octanol–water partition coefficient (Wildman–Crippen LogP) is 4.02. The largest absolute Gasteiger partial charge is 0.485 e. The Labute approximate surface area is 121 Å². The smallest absolute Gasteiger partial charge is 0.330 e. The normalized spacial score (nSPS) is 20.9. The van der Waals surface area contributed by atoms with Crippen LogP contribution < -0.4 is 0 Å². The molecule has 0 N–H and O–H groups in total. The van der Waals surface area contributed by atoms with E-state index >= 15 is 0 Å². The fourth-order valence-electron chi connectivity index (χ4n) is 2.48. The minimum atomic E-state index is -3.19. The summed E-state index contributed by atoms with van der Waals surface area (Å²) in [4.78, 5) is 6.90. The monoisotopic (exact) mass is 343 g/mol. The number of ether oxygens (including phenoxy) is 1. The molecule has 1 aromatic rings. The fraction of sp³-hybridized carbons (Fsp3) is 0.231. The van der Waals surface area contributed by atoms with Crippen LogP contribution in [-0.2, 0) is 4.74 Å². The molecule has 0 radical (unpaired) electrons. The molecule has 3 rings (SSSR count). The van der Waals surface area contributed by atoms with Gasteiger partial charge in [-0.1, -0.05) is 0 Å². The van der Waals surface area contributed by atoms with Gasteiger partial charge < -0.3 is 4.74 Å². The van der Waals surface area contributed by atoms with Crippen LogP contribution in [0.3, 0.4) is 0 Å². The molecule has 104 valence electrons. The van der Waals surface area contributed by atoms with Gasteiger partial charge in [0.25, 0.3) is 5.69 Å². The van der Waals surface area contributed by atoms with Crippen molar-refractivity contribution in [2.75, 3.05) is 0 Å². The van der Waals surface area contributed by atoms with Gasteiger partial charge in [0, 0.05) is 24.1 Å². The van der Waals surface area contributed by atoms with Crippen LogP contribution in [0, 0.1) is 10.1 Å². The molecule has 2 aliphatic rings. The number of hydrogen-bond acceptors (Lipinski definition) is 3. The molecule has 2 heterocycles. The summed E-state index contributed by atoms with van der Waals surface area (Å²) in [5.41, 5.74) is 0.629. The second kappa shape index (κ2) is 4.37. The maximum absolute atomic E-state index is 13.7. The van der Waals surface area contributed by atoms with E-state index in [-0.39, 0.29) is 17.0 Å². The van der Waals surface area contributed by atoms with Crippen molar-refractivity contribution in [1.82, 2.24) is 0 Å². The number of benzene rings is 1. The molecule has 0 saturated carbocycles. The molecule has 0 aromatic heterocycles. The molecule has 2 aliphatic heterocycles. The fourth-order valence-corrected chi connectivity index (χ4v) is 2.89. The average molecular weight is 344 g/mol. The third kappa shape index (κ3) is 2.02. The quantitative estimate of drug-likeness (QED) is 0.473. The van der Waals surface area contributed by atoms with E-state index in [2.05, 4.69) is 15.9 Å². The van der Waals surface area contributed by atoms with Crippen molar-refractivity contribution >= 4 is 27.2 Å². The Morgan fingerprint density at radius 2 is 2.00 bits per heavy atom. The number of nitrogens with zero attached hydrogens (tertiary/aromatic N) is 1. The van der Waals surface area contributed by atoms with Gasteiger partial charge in [0.05, 0.1) is 10.5 Å². The molecule has 0 saturated heterocycles. The van der Waals surface area contributed by atoms with E-state index in [9.17, 15) is 18.9 Å². The zero-order valence-corrected chi connectivity index (χ0v) is 11.6. The highest BCUT2D eigenvalue weighted by molar-refractivity contribution is 9.10. The summed E-state index contributed by atoms with van der Waals surface area (Å²) >= 11 is 2.36. The highest BCUT2D eigenvalue weighted by Gasteiger charge is 2.46. The van der Waals surface area contributed by atoms with E-state index in [1.54, 1.807) is 6.08 Å². The lowest BCUT2D eigenvalue weighted by atomic mass is 9.91. The lowest BCUT2D eigenvalue weighted by Crippen LogP contribution is -2.14. The molecular formula is C13H8BrF2NO3. The van der Waals surface area contributed by atoms with E-state index in [0.29, 0.717) is 17.6 Å². The topological polar surface area (TPSA) is 52.4 Å². The third-order valence-electron chi connectivity index (χ3n) is 3.30. The molecule has 0 amide bonds. The van der Waals surface area contributed by atoms with Crippen LogP contribution in [0.2, 0.25) is 0 Å². The van der Waals surface area contributed by atoms with Crippen molar-refractivity contribution in [1.29, 1.82) is 0 Å². The third-order valence-corrected chi connectivity index (χ3v) is 3.69. The zero-order valence-electron chi connectivity index (χ0n) is 9.98. The molecule has 0 aliphatic carbocycles. The molecule has 20 heavy (non-hydrogen) atoms. The second-order valence-corrected chi connectivity index (χ2v) is 5.50. The number of nitro benzene ring substituents is 1. The molecule has 7 heteroatoms. The number of allylic oxidation sites excluding steroid dienone is 1. The SMILES string of the molecule is O=[N+]([O-])c1ccc(C2=C(C(F)(F)Br)C3=CCC2O3)cc1. The van der Waals surface area contributed by atoms with Crippen molar-refractivity contribution in [2.24, 2.45) is 0 Å². The van der Waals surface area contributed by atoms with Gasteiger partial charge >= 0.3 is 4.83 Å². The lowest BCUT2D eigenvalue weighted by molar-refractivity contribution is -0.384. The van der Waals surface area contributed by atoms with Gasteiger partial charge in [0.15, 0.2) is 0 Å². The Kier molecular flexibility index (Phi) is 2.89. The number of rotatable bonds is 3. The van der Waals surface area contributed by atoms with Gasteiger partial charge in [-0.15, -0.1) is 0 Å². The highest BCUT2D eigenvalue weighted by Crippen LogP contribution is 2.51. The van der Waals surface area contributed by atoms with E-state index in [1.807, 2.05) is 0 Å². The van der Waals surface area contributed by atoms with Crippen LogP contribution in [-0.4, -0.2) is 15.9 Å². The Bertz CT molecular complexity index is 647. The van der Waals surface area contributed by atoms with E-state index in [0.717, 1.165) is 0 Å². The number of nitro groups is 1. The van der Waals surface area contributed by atoms with Gasteiger partial charge in [0.2, 0.25) is 0 Å². The van der Waals surface area contributed by atoms with Crippen LogP contribution in [0.1, 0.15) is 12.0 Å². The maximum atomic E-state index is 13.7. The van der Waals surface area contributed by atoms with Crippen molar-refractivity contribution in [3.8, 4) is 0 Å². The Morgan fingerprint density at radius 1 is 1.35 bits per heavy atom. The summed E-state index contributed by atoms with van der Waals surface area (Å²) in [5, 5.41) is 10.6. The highest BCUT2D eigenvalue weighted by atomic mass is 79.9. The number of non-ortho nitro benzene ring substituents is 1. The van der Waals surface area contributed by atoms with Crippen LogP contribution in [0.5, 0.6) is 0 Å². The molecule has 1 atom stereocenters. The molecular weight excluding hydrogens is 336 g/mol. The number of alkyl halides is 3. The van der Waals surface area contributed by atoms with Gasteiger partial charge in [-0.25, -0.2) is 0 Å². The Hall–Kier alpha value is -1.76. The van der Waals surface area contributed by atoms with Gasteiger partial charge in [-0.05, 0) is 39.7 Å². The van der Waals surface area contributed by atoms with Gasteiger partial charge in [-0.3, -0.25) is 10.1 Å². The first-order valence-electron chi connectivity index (χ1n) is 5.81. The first-order valence-corrected chi connectivity index (χ1v) is 6.60. The Balaban J connectivity index is 2.09. The van der Waals surface area contributed by atoms with Gasteiger partial charge in [-0.2, -0.15) is 8.78 Å². The summed E-state index contributed by atoms with van der Waals surface area (Å²) in [6.07, 6.45) is 1.73. The number of hydrogen-bond donors (Lipinski definition) is 0. The summed E-state index contributed by atoms with van der Waals surface area (Å²) in [5.74, 6) is 0.185. The second-order valence-electron chi connectivity index (χ2n) is 4.50. The van der Waals surface area contributed by atoms with Crippen molar-refractivity contribution < 1.29 is 18.4 Å². The van der Waals surface area contributed by atoms with E-state index in [4.69, 9.17) is 4.74 Å². The molecule has 0 spiro atoms. The molecule has 0 fully saturated rings. The number of fused-ring (bicyclic) bond motifs is 2. The number of halogens is 3. The van der Waals surface area contributed by atoms with Gasteiger partial charge in [0.1, 0.15) is 11.9 Å². The zero-order chi connectivity index (χ0) is 14.5.